The molecule has 3 aromatic rings. The van der Waals surface area contributed by atoms with E-state index < -0.39 is 0 Å². The summed E-state index contributed by atoms with van der Waals surface area (Å²) in [5.74, 6) is 3.21. The fourth-order valence-corrected chi connectivity index (χ4v) is 8.96. The molecule has 0 amide bonds. The first-order valence-corrected chi connectivity index (χ1v) is 15.3. The number of fused-ring (bicyclic) bond motifs is 3. The molecule has 0 nitrogen and oxygen atoms in total. The molecule has 0 atom stereocenters. The fraction of sp³-hybridized carbons (Fsp3) is 0.471. The molecule has 3 aromatic carbocycles. The minimum atomic E-state index is 0. The minimum Gasteiger partial charge on any atom is -0.126 e. The molecule has 194 valence electrons. The average molecular weight is 609 g/mol. The van der Waals surface area contributed by atoms with E-state index in [2.05, 4.69) is 72.8 Å². The zero-order chi connectivity index (χ0) is 23.7. The molecule has 6 aliphatic rings. The van der Waals surface area contributed by atoms with E-state index in [1.165, 1.54) is 72.9 Å². The Morgan fingerprint density at radius 2 is 1.24 bits per heavy atom. The smallest absolute Gasteiger partial charge is 0.0771 e. The second-order valence-corrected chi connectivity index (χ2v) is 13.6. The van der Waals surface area contributed by atoms with Crippen LogP contribution in [0.4, 0.5) is 0 Å². The third kappa shape index (κ3) is 6.48. The molecule has 37 heavy (non-hydrogen) atoms. The molecule has 0 heterocycles. The van der Waals surface area contributed by atoms with Crippen LogP contribution in [0.25, 0.3) is 21.5 Å². The Kier molecular flexibility index (Phi) is 10.2. The summed E-state index contributed by atoms with van der Waals surface area (Å²) in [6.07, 6.45) is 25.8. The van der Waals surface area contributed by atoms with Crippen LogP contribution in [0.15, 0.2) is 72.3 Å². The molecule has 0 aromatic heterocycles. The predicted molar refractivity (Wildman–Crippen MR) is 146 cm³/mol. The second kappa shape index (κ2) is 13.0. The van der Waals surface area contributed by atoms with Crippen molar-refractivity contribution >= 4 is 24.8 Å². The van der Waals surface area contributed by atoms with Crippen LogP contribution in [0.1, 0.15) is 77.0 Å². The maximum Gasteiger partial charge on any atom is -0.0771 e. The van der Waals surface area contributed by atoms with Crippen LogP contribution in [-0.4, -0.2) is 3.21 Å². The van der Waals surface area contributed by atoms with Crippen molar-refractivity contribution in [1.29, 1.82) is 0 Å². The summed E-state index contributed by atoms with van der Waals surface area (Å²) in [7, 11) is 0. The van der Waals surface area contributed by atoms with E-state index in [0.29, 0.717) is 5.41 Å². The van der Waals surface area contributed by atoms with Gasteiger partial charge in [-0.1, -0.05) is 36.4 Å². The van der Waals surface area contributed by atoms with Gasteiger partial charge >= 0.3 is 59.5 Å². The van der Waals surface area contributed by atoms with E-state index in [4.69, 9.17) is 0 Å². The zero-order valence-corrected chi connectivity index (χ0v) is 25.8. The fourth-order valence-electron chi connectivity index (χ4n) is 8.09. The molecule has 9 rings (SSSR count). The Morgan fingerprint density at radius 1 is 0.730 bits per heavy atom. The number of hydrogen-bond donors (Lipinski definition) is 0. The van der Waals surface area contributed by atoms with Crippen molar-refractivity contribution < 1.29 is 49.0 Å². The quantitative estimate of drug-likeness (QED) is 0.373. The number of rotatable bonds is 1. The second-order valence-electron chi connectivity index (χ2n) is 11.9. The molecule has 3 heteroatoms. The van der Waals surface area contributed by atoms with Gasteiger partial charge in [0.2, 0.25) is 0 Å². The average Bonchev–Trinajstić information content (AvgIpc) is 3.54. The molecule has 0 radical (unpaired) electrons. The van der Waals surface area contributed by atoms with Crippen LogP contribution >= 0.6 is 0 Å². The van der Waals surface area contributed by atoms with Gasteiger partial charge in [0.25, 0.3) is 0 Å². The summed E-state index contributed by atoms with van der Waals surface area (Å²) in [5.41, 5.74) is 2.20. The summed E-state index contributed by atoms with van der Waals surface area (Å²) in [6, 6.07) is 19.3. The molecule has 4 bridgehead atoms. The Labute approximate surface area is 250 Å². The van der Waals surface area contributed by atoms with Crippen LogP contribution in [0.2, 0.25) is 0 Å². The summed E-state index contributed by atoms with van der Waals surface area (Å²) in [6.45, 7) is 0. The van der Waals surface area contributed by atoms with Crippen molar-refractivity contribution in [3.63, 3.8) is 0 Å². The zero-order valence-electron chi connectivity index (χ0n) is 21.8. The van der Waals surface area contributed by atoms with Gasteiger partial charge in [-0.15, -0.1) is 46.2 Å². The van der Waals surface area contributed by atoms with Crippen molar-refractivity contribution in [3.8, 4) is 0 Å². The molecule has 0 N–H and O–H groups in total. The van der Waals surface area contributed by atoms with Gasteiger partial charge in [0.05, 0.1) is 0 Å². The Bertz CT molecular complexity index is 1170. The molecule has 5 saturated carbocycles. The van der Waals surface area contributed by atoms with E-state index in [-0.39, 0.29) is 24.8 Å². The van der Waals surface area contributed by atoms with E-state index in [1.807, 2.05) is 0 Å². The van der Waals surface area contributed by atoms with Gasteiger partial charge in [0.15, 0.2) is 0 Å². The van der Waals surface area contributed by atoms with E-state index in [1.54, 1.807) is 52.3 Å². The van der Waals surface area contributed by atoms with Gasteiger partial charge in [-0.05, 0) is 61.7 Å². The van der Waals surface area contributed by atoms with Crippen molar-refractivity contribution in [2.75, 3.05) is 0 Å². The third-order valence-electron chi connectivity index (χ3n) is 9.28. The normalized spacial score (nSPS) is 29.0. The Morgan fingerprint density at radius 3 is 1.68 bits per heavy atom. The molecule has 0 aliphatic heterocycles. The molecule has 0 saturated heterocycles. The Balaban J connectivity index is 0.000000134. The van der Waals surface area contributed by atoms with Crippen LogP contribution in [0, 0.1) is 29.2 Å². The molecule has 5 fully saturated rings. The molecule has 0 unspecified atom stereocenters. The monoisotopic (exact) mass is 606 g/mol. The largest absolute Gasteiger partial charge is 0.126 e. The number of benzene rings is 2. The molecule has 6 aliphatic carbocycles. The van der Waals surface area contributed by atoms with E-state index in [9.17, 15) is 0 Å². The minimum absolute atomic E-state index is 0. The third-order valence-corrected chi connectivity index (χ3v) is 10.5. The van der Waals surface area contributed by atoms with Gasteiger partial charge in [0, 0.05) is 0 Å². The van der Waals surface area contributed by atoms with Gasteiger partial charge in [-0.2, -0.15) is 6.08 Å². The molecule has 0 spiro atoms. The predicted octanol–water partition coefficient (Wildman–Crippen LogP) is 3.28. The maximum absolute atomic E-state index is 3.62. The SMILES string of the molecule is [C-]1=C(C23CC4CC(CC(C4)C2)C3)C=CC1.[Cl-].[Cl-].[Zr+2]=[C]1CCCCC1.c1ccc2c(c1)[cH-]c1ccccc12. The molecular formula is C34H38Cl2Zr-2. The van der Waals surface area contributed by atoms with Crippen molar-refractivity contribution in [2.45, 2.75) is 77.0 Å². The van der Waals surface area contributed by atoms with Crippen LogP contribution in [-0.2, 0) is 24.2 Å². The Hall–Kier alpha value is -0.877. The summed E-state index contributed by atoms with van der Waals surface area (Å²) in [4.78, 5) is 0. The first-order chi connectivity index (χ1) is 17.2. The summed E-state index contributed by atoms with van der Waals surface area (Å²) in [5, 5.41) is 5.39. The van der Waals surface area contributed by atoms with E-state index in [0.717, 1.165) is 24.2 Å². The maximum atomic E-state index is 3.62. The van der Waals surface area contributed by atoms with Gasteiger partial charge < -0.3 is 24.8 Å². The first-order valence-electron chi connectivity index (χ1n) is 14.1. The number of halogens is 2. The van der Waals surface area contributed by atoms with Crippen molar-refractivity contribution in [3.05, 3.63) is 78.4 Å². The molecular weight excluding hydrogens is 571 g/mol. The van der Waals surface area contributed by atoms with Crippen molar-refractivity contribution in [2.24, 2.45) is 23.2 Å². The van der Waals surface area contributed by atoms with Gasteiger partial charge in [-0.25, -0.2) is 11.6 Å². The first kappa shape index (κ1) is 29.1. The summed E-state index contributed by atoms with van der Waals surface area (Å²) < 4.78 is 1.80. The van der Waals surface area contributed by atoms with Crippen LogP contribution in [0.3, 0.4) is 0 Å². The topological polar surface area (TPSA) is 0 Å². The van der Waals surface area contributed by atoms with Crippen molar-refractivity contribution in [1.82, 2.24) is 0 Å². The van der Waals surface area contributed by atoms with Crippen LogP contribution in [0.5, 0.6) is 0 Å². The standard InChI is InChI=1S/C15H19.C13H9.C6H10.2ClH.Zr/c1-2-4-14(3-1)15-8-11-5-12(9-15)7-13(6-11)10-15;1-3-7-12-10(5-1)9-11-6-2-4-8-13(11)12;1-2-4-6-5-3-1;;;/h1,3,11-13H,2,5-10H2;1-9H;1-5H2;2*1H;/q2*-1;;;;+2/p-2. The van der Waals surface area contributed by atoms with E-state index >= 15 is 0 Å². The number of hydrogen-bond acceptors (Lipinski definition) is 0. The van der Waals surface area contributed by atoms with Gasteiger partial charge in [-0.3, -0.25) is 6.08 Å². The van der Waals surface area contributed by atoms with Crippen LogP contribution < -0.4 is 24.8 Å². The van der Waals surface area contributed by atoms with Gasteiger partial charge in [0.1, 0.15) is 0 Å². The summed E-state index contributed by atoms with van der Waals surface area (Å²) >= 11 is 1.69. The number of allylic oxidation sites excluding steroid dienone is 4.